The predicted octanol–water partition coefficient (Wildman–Crippen LogP) is 2.62. The Bertz CT molecular complexity index is 901. The van der Waals surface area contributed by atoms with E-state index in [1.54, 1.807) is 18.7 Å². The highest BCUT2D eigenvalue weighted by Gasteiger charge is 2.11. The molecule has 0 atom stereocenters. The van der Waals surface area contributed by atoms with E-state index in [-0.39, 0.29) is 5.56 Å². The molecule has 24 heavy (non-hydrogen) atoms. The van der Waals surface area contributed by atoms with Crippen LogP contribution in [0.15, 0.2) is 53.3 Å². The normalized spacial score (nSPS) is 10.8. The number of hydrogen-bond acceptors (Lipinski definition) is 4. The number of methoxy groups -OCH3 is 1. The average molecular weight is 323 g/mol. The summed E-state index contributed by atoms with van der Waals surface area (Å²) in [7, 11) is 5.38. The Balaban J connectivity index is 1.81. The van der Waals surface area contributed by atoms with Gasteiger partial charge in [0.1, 0.15) is 5.75 Å². The molecule has 0 fully saturated rings. The van der Waals surface area contributed by atoms with E-state index in [0.29, 0.717) is 11.3 Å². The number of rotatable bonds is 5. The van der Waals surface area contributed by atoms with E-state index < -0.39 is 0 Å². The van der Waals surface area contributed by atoms with Gasteiger partial charge in [0.2, 0.25) is 5.95 Å². The first-order valence-corrected chi connectivity index (χ1v) is 7.90. The van der Waals surface area contributed by atoms with Gasteiger partial charge in [-0.15, -0.1) is 0 Å². The molecule has 124 valence electrons. The number of anilines is 1. The van der Waals surface area contributed by atoms with Crippen LogP contribution in [0.2, 0.25) is 0 Å². The lowest BCUT2D eigenvalue weighted by atomic mass is 10.1. The smallest absolute Gasteiger partial charge is 0.262 e. The molecule has 5 nitrogen and oxygen atoms in total. The van der Waals surface area contributed by atoms with Gasteiger partial charge in [-0.2, -0.15) is 0 Å². The molecule has 5 heteroatoms. The highest BCUT2D eigenvalue weighted by Crippen LogP contribution is 2.15. The zero-order chi connectivity index (χ0) is 17.1. The number of hydrogen-bond donors (Lipinski definition) is 0. The van der Waals surface area contributed by atoms with Crippen molar-refractivity contribution in [2.75, 3.05) is 25.6 Å². The van der Waals surface area contributed by atoms with Crippen molar-refractivity contribution in [1.29, 1.82) is 0 Å². The van der Waals surface area contributed by atoms with Gasteiger partial charge in [0, 0.05) is 20.6 Å². The maximum Gasteiger partial charge on any atom is 0.262 e. The van der Waals surface area contributed by atoms with E-state index in [1.807, 2.05) is 48.3 Å². The highest BCUT2D eigenvalue weighted by atomic mass is 16.5. The summed E-state index contributed by atoms with van der Waals surface area (Å²) in [5, 5.41) is 0.646. The molecule has 0 bridgehead atoms. The van der Waals surface area contributed by atoms with Gasteiger partial charge in [-0.3, -0.25) is 9.36 Å². The number of aromatic nitrogens is 2. The zero-order valence-electron chi connectivity index (χ0n) is 14.2. The largest absolute Gasteiger partial charge is 0.497 e. The molecule has 0 aliphatic rings. The fraction of sp³-hybridized carbons (Fsp3) is 0.263. The van der Waals surface area contributed by atoms with E-state index in [2.05, 4.69) is 17.1 Å². The first-order chi connectivity index (χ1) is 11.6. The highest BCUT2D eigenvalue weighted by molar-refractivity contribution is 5.78. The fourth-order valence-electron chi connectivity index (χ4n) is 2.74. The molecule has 0 aliphatic heterocycles. The maximum absolute atomic E-state index is 12.5. The van der Waals surface area contributed by atoms with Crippen molar-refractivity contribution in [2.45, 2.75) is 6.42 Å². The molecule has 0 N–H and O–H groups in total. The third kappa shape index (κ3) is 3.11. The number of ether oxygens (including phenoxy) is 1. The number of fused-ring (bicyclic) bond motifs is 1. The first-order valence-electron chi connectivity index (χ1n) is 7.90. The number of likely N-dealkylation sites (N-methyl/N-ethyl adjacent to an activating group) is 1. The van der Waals surface area contributed by atoms with Gasteiger partial charge in [0.15, 0.2) is 0 Å². The Morgan fingerprint density at radius 3 is 2.54 bits per heavy atom. The molecule has 0 spiro atoms. The number of benzene rings is 2. The first kappa shape index (κ1) is 16.1. The molecule has 0 unspecified atom stereocenters. The summed E-state index contributed by atoms with van der Waals surface area (Å²) in [5.41, 5.74) is 1.92. The minimum absolute atomic E-state index is 0.0214. The van der Waals surface area contributed by atoms with Gasteiger partial charge in [-0.25, -0.2) is 4.98 Å². The van der Waals surface area contributed by atoms with Crippen LogP contribution in [0.25, 0.3) is 10.9 Å². The Hall–Kier alpha value is -2.82. The second-order valence-electron chi connectivity index (χ2n) is 5.81. The van der Waals surface area contributed by atoms with Gasteiger partial charge in [-0.1, -0.05) is 24.3 Å². The molecule has 1 aromatic heterocycles. The van der Waals surface area contributed by atoms with Crippen LogP contribution in [-0.2, 0) is 13.5 Å². The minimum atomic E-state index is -0.0214. The molecule has 0 aliphatic carbocycles. The van der Waals surface area contributed by atoms with E-state index >= 15 is 0 Å². The summed E-state index contributed by atoms with van der Waals surface area (Å²) >= 11 is 0. The van der Waals surface area contributed by atoms with E-state index in [4.69, 9.17) is 4.74 Å². The zero-order valence-corrected chi connectivity index (χ0v) is 14.2. The molecular weight excluding hydrogens is 302 g/mol. The standard InChI is InChI=1S/C19H21N3O2/c1-21(13-12-14-8-10-15(24-3)11-9-14)19-20-17-7-5-4-6-16(17)18(23)22(19)2/h4-11H,12-13H2,1-3H3. The van der Waals surface area contributed by atoms with E-state index in [1.165, 1.54) is 5.56 Å². The lowest BCUT2D eigenvalue weighted by molar-refractivity contribution is 0.414. The second kappa shape index (κ2) is 6.74. The van der Waals surface area contributed by atoms with Crippen LogP contribution >= 0.6 is 0 Å². The second-order valence-corrected chi connectivity index (χ2v) is 5.81. The fourth-order valence-corrected chi connectivity index (χ4v) is 2.74. The SMILES string of the molecule is COc1ccc(CCN(C)c2nc3ccccc3c(=O)n2C)cc1. The molecule has 0 saturated heterocycles. The van der Waals surface area contributed by atoms with Crippen LogP contribution in [-0.4, -0.2) is 30.3 Å². The summed E-state index contributed by atoms with van der Waals surface area (Å²) in [6.07, 6.45) is 0.864. The summed E-state index contributed by atoms with van der Waals surface area (Å²) in [6, 6.07) is 15.5. The molecule has 0 amide bonds. The molecule has 3 rings (SSSR count). The molecule has 0 saturated carbocycles. The van der Waals surface area contributed by atoms with Crippen molar-refractivity contribution in [3.63, 3.8) is 0 Å². The van der Waals surface area contributed by atoms with Crippen molar-refractivity contribution >= 4 is 16.9 Å². The summed E-state index contributed by atoms with van der Waals surface area (Å²) < 4.78 is 6.78. The van der Waals surface area contributed by atoms with Gasteiger partial charge in [-0.05, 0) is 36.2 Å². The number of nitrogens with zero attached hydrogens (tertiary/aromatic N) is 3. The Labute approximate surface area is 141 Å². The monoisotopic (exact) mass is 323 g/mol. The maximum atomic E-state index is 12.5. The van der Waals surface area contributed by atoms with Crippen LogP contribution in [0.5, 0.6) is 5.75 Å². The van der Waals surface area contributed by atoms with Gasteiger partial charge < -0.3 is 9.64 Å². The summed E-state index contributed by atoms with van der Waals surface area (Å²) in [4.78, 5) is 19.1. The molecule has 1 heterocycles. The predicted molar refractivity (Wildman–Crippen MR) is 97.0 cm³/mol. The quantitative estimate of drug-likeness (QED) is 0.724. The average Bonchev–Trinajstić information content (AvgIpc) is 2.63. The van der Waals surface area contributed by atoms with Gasteiger partial charge in [0.25, 0.3) is 5.56 Å². The van der Waals surface area contributed by atoms with Crippen molar-refractivity contribution < 1.29 is 4.74 Å². The van der Waals surface area contributed by atoms with Crippen LogP contribution in [0.3, 0.4) is 0 Å². The summed E-state index contributed by atoms with van der Waals surface area (Å²) in [5.74, 6) is 1.53. The van der Waals surface area contributed by atoms with Crippen molar-refractivity contribution in [3.8, 4) is 5.75 Å². The molecule has 2 aromatic carbocycles. The van der Waals surface area contributed by atoms with Crippen molar-refractivity contribution in [2.24, 2.45) is 7.05 Å². The third-order valence-corrected chi connectivity index (χ3v) is 4.20. The van der Waals surface area contributed by atoms with Crippen LogP contribution in [0.1, 0.15) is 5.56 Å². The van der Waals surface area contributed by atoms with E-state index in [9.17, 15) is 4.79 Å². The van der Waals surface area contributed by atoms with Crippen molar-refractivity contribution in [3.05, 3.63) is 64.4 Å². The lowest BCUT2D eigenvalue weighted by Gasteiger charge is -2.21. The Morgan fingerprint density at radius 1 is 1.12 bits per heavy atom. The van der Waals surface area contributed by atoms with Crippen LogP contribution in [0, 0.1) is 0 Å². The van der Waals surface area contributed by atoms with Gasteiger partial charge in [0.05, 0.1) is 18.0 Å². The van der Waals surface area contributed by atoms with Gasteiger partial charge >= 0.3 is 0 Å². The number of para-hydroxylation sites is 1. The third-order valence-electron chi connectivity index (χ3n) is 4.20. The molecular formula is C19H21N3O2. The van der Waals surface area contributed by atoms with Crippen molar-refractivity contribution in [1.82, 2.24) is 9.55 Å². The summed E-state index contributed by atoms with van der Waals surface area (Å²) in [6.45, 7) is 0.769. The lowest BCUT2D eigenvalue weighted by Crippen LogP contribution is -2.30. The topological polar surface area (TPSA) is 47.4 Å². The Morgan fingerprint density at radius 2 is 1.83 bits per heavy atom. The molecule has 0 radical (unpaired) electrons. The van der Waals surface area contributed by atoms with E-state index in [0.717, 1.165) is 24.2 Å². The Kier molecular flexibility index (Phi) is 4.51. The van der Waals surface area contributed by atoms with Crippen LogP contribution in [0.4, 0.5) is 5.95 Å². The minimum Gasteiger partial charge on any atom is -0.497 e. The van der Waals surface area contributed by atoms with Crippen LogP contribution < -0.4 is 15.2 Å². The molecule has 3 aromatic rings.